The zero-order valence-electron chi connectivity index (χ0n) is 43.0. The summed E-state index contributed by atoms with van der Waals surface area (Å²) in [7, 11) is -0.840. The molecule has 408 valence electrons. The highest BCUT2D eigenvalue weighted by Crippen LogP contribution is 2.60. The Balaban J connectivity index is 0.000000228. The molecule has 0 radical (unpaired) electrons. The number of hydrogen-bond acceptors (Lipinski definition) is 11. The minimum atomic E-state index is -4.55. The van der Waals surface area contributed by atoms with E-state index in [0.29, 0.717) is 5.56 Å². The Hall–Kier alpha value is -8.19. The van der Waals surface area contributed by atoms with Gasteiger partial charge < -0.3 is 5.11 Å². The summed E-state index contributed by atoms with van der Waals surface area (Å²) in [6, 6.07) is 43.7. The van der Waals surface area contributed by atoms with E-state index in [0.717, 1.165) is 63.5 Å². The number of rotatable bonds is 20. The number of nitrogens with zero attached hydrogens (tertiary/aromatic N) is 10. The summed E-state index contributed by atoms with van der Waals surface area (Å²) in [6.07, 6.45) is 9.00. The minimum absolute atomic E-state index is 0. The standard InChI is InChI=1S/C36H34F2N5O4P.C22H21F2N5O.CH4/c1-27(30-13-15-31(16-14-30)35-19-20-40-42(35)2)36(24-43-26-39-25-41-43,33-18-17-32(37)21-34(33)38)47-48(44,45-22-28-9-5-3-6-10-28)46-23-29-11-7-4-8-12-29;1-15(16-3-5-17(6-4-16)21-9-10-26-28(21)2)22(30,12-29-14-25-13-27-29)19-8-7-18(23)11-20(19)24;/h3-21,25-27H,22-24H2,1-2H3;3-11,13-15,30H,12H2,1-2H3;1H4/t27-,36+;15-,22+;/m00./s1. The van der Waals surface area contributed by atoms with Gasteiger partial charge in [0.25, 0.3) is 0 Å². The number of phosphoric ester groups is 1. The molecule has 0 aliphatic carbocycles. The van der Waals surface area contributed by atoms with Crippen LogP contribution in [0.1, 0.15) is 66.5 Å². The summed E-state index contributed by atoms with van der Waals surface area (Å²) in [4.78, 5) is 7.96. The van der Waals surface area contributed by atoms with Crippen molar-refractivity contribution in [2.45, 2.75) is 70.6 Å². The molecule has 0 fully saturated rings. The Morgan fingerprint density at radius 3 is 1.42 bits per heavy atom. The first-order valence-electron chi connectivity index (χ1n) is 24.8. The van der Waals surface area contributed by atoms with E-state index in [2.05, 4.69) is 30.4 Å². The van der Waals surface area contributed by atoms with Crippen molar-refractivity contribution in [2.24, 2.45) is 14.1 Å². The van der Waals surface area contributed by atoms with Gasteiger partial charge in [-0.3, -0.25) is 22.9 Å². The van der Waals surface area contributed by atoms with Crippen LogP contribution in [-0.4, -0.2) is 54.2 Å². The summed E-state index contributed by atoms with van der Waals surface area (Å²) >= 11 is 0. The molecular weight excluding hydrogens is 1040 g/mol. The van der Waals surface area contributed by atoms with E-state index >= 15 is 4.39 Å². The fourth-order valence-electron chi connectivity index (χ4n) is 9.35. The molecule has 79 heavy (non-hydrogen) atoms. The van der Waals surface area contributed by atoms with Crippen molar-refractivity contribution >= 4 is 7.82 Å². The summed E-state index contributed by atoms with van der Waals surface area (Å²) in [6.45, 7) is 3.17. The number of phosphoric acid groups is 1. The van der Waals surface area contributed by atoms with E-state index in [1.807, 2.05) is 142 Å². The molecule has 0 aliphatic heterocycles. The molecule has 4 atom stereocenters. The van der Waals surface area contributed by atoms with Gasteiger partial charge in [-0.05, 0) is 57.6 Å². The second kappa shape index (κ2) is 25.1. The van der Waals surface area contributed by atoms with Crippen LogP contribution in [0.2, 0.25) is 0 Å². The molecule has 6 aromatic carbocycles. The molecule has 4 heterocycles. The molecule has 15 nitrogen and oxygen atoms in total. The molecule has 10 aromatic rings. The van der Waals surface area contributed by atoms with Crippen LogP contribution in [0, 0.1) is 23.3 Å². The zero-order valence-corrected chi connectivity index (χ0v) is 43.9. The van der Waals surface area contributed by atoms with Crippen molar-refractivity contribution in [3.8, 4) is 22.5 Å². The van der Waals surface area contributed by atoms with Gasteiger partial charge in [0.2, 0.25) is 0 Å². The average molecular weight is 1100 g/mol. The number of hydrogen-bond donors (Lipinski definition) is 1. The lowest BCUT2D eigenvalue weighted by atomic mass is 9.77. The molecule has 0 amide bonds. The van der Waals surface area contributed by atoms with Gasteiger partial charge in [0, 0.05) is 61.6 Å². The lowest BCUT2D eigenvalue weighted by molar-refractivity contribution is -0.0313. The molecule has 0 saturated carbocycles. The molecule has 0 aliphatic rings. The van der Waals surface area contributed by atoms with Gasteiger partial charge in [0.15, 0.2) is 0 Å². The number of halogens is 4. The largest absolute Gasteiger partial charge is 0.476 e. The molecule has 0 saturated heterocycles. The van der Waals surface area contributed by atoms with Gasteiger partial charge in [-0.2, -0.15) is 20.4 Å². The fraction of sp³-hybridized carbons (Fsp3) is 0.220. The number of aliphatic hydroxyl groups is 1. The number of benzene rings is 6. The third kappa shape index (κ3) is 13.2. The summed E-state index contributed by atoms with van der Waals surface area (Å²) in [5.41, 5.74) is 3.13. The Labute approximate surface area is 455 Å². The summed E-state index contributed by atoms with van der Waals surface area (Å²) in [5.74, 6) is -4.43. The average Bonchev–Trinajstić information content (AvgIpc) is 4.44. The van der Waals surface area contributed by atoms with Crippen LogP contribution in [0.4, 0.5) is 17.6 Å². The van der Waals surface area contributed by atoms with Crippen LogP contribution in [0.5, 0.6) is 0 Å². The highest BCUT2D eigenvalue weighted by Gasteiger charge is 2.50. The van der Waals surface area contributed by atoms with Crippen LogP contribution in [-0.2, 0) is 69.7 Å². The third-order valence-corrected chi connectivity index (χ3v) is 15.2. The fourth-order valence-corrected chi connectivity index (χ4v) is 10.9. The van der Waals surface area contributed by atoms with E-state index in [4.69, 9.17) is 13.6 Å². The molecule has 20 heteroatoms. The van der Waals surface area contributed by atoms with Crippen LogP contribution >= 0.6 is 7.82 Å². The first-order chi connectivity index (χ1) is 37.6. The maximum Gasteiger partial charge on any atom is 0.476 e. The van der Waals surface area contributed by atoms with E-state index in [-0.39, 0.29) is 44.9 Å². The third-order valence-electron chi connectivity index (χ3n) is 13.7. The molecule has 0 unspecified atom stereocenters. The van der Waals surface area contributed by atoms with Gasteiger partial charge >= 0.3 is 7.82 Å². The van der Waals surface area contributed by atoms with Crippen molar-refractivity contribution in [1.82, 2.24) is 49.1 Å². The Morgan fingerprint density at radius 1 is 0.557 bits per heavy atom. The van der Waals surface area contributed by atoms with Gasteiger partial charge in [0.1, 0.15) is 59.8 Å². The lowest BCUT2D eigenvalue weighted by Gasteiger charge is -2.41. The number of aromatic nitrogens is 10. The molecule has 4 aromatic heterocycles. The maximum atomic E-state index is 16.1. The highest BCUT2D eigenvalue weighted by molar-refractivity contribution is 7.48. The second-order valence-corrected chi connectivity index (χ2v) is 20.3. The molecule has 1 N–H and O–H groups in total. The lowest BCUT2D eigenvalue weighted by Crippen LogP contribution is -2.40. The minimum Gasteiger partial charge on any atom is -0.382 e. The van der Waals surface area contributed by atoms with Crippen molar-refractivity contribution in [3.63, 3.8) is 0 Å². The topological polar surface area (TPSA) is 162 Å². The smallest absolute Gasteiger partial charge is 0.382 e. The van der Waals surface area contributed by atoms with Crippen molar-refractivity contribution in [3.05, 3.63) is 252 Å². The van der Waals surface area contributed by atoms with E-state index in [1.165, 1.54) is 46.8 Å². The van der Waals surface area contributed by atoms with Gasteiger partial charge in [-0.15, -0.1) is 0 Å². The Bertz CT molecular complexity index is 3530. The first-order valence-corrected chi connectivity index (χ1v) is 26.2. The Kier molecular flexibility index (Phi) is 18.1. The van der Waals surface area contributed by atoms with Crippen molar-refractivity contribution in [2.75, 3.05) is 0 Å². The van der Waals surface area contributed by atoms with Crippen LogP contribution in [0.25, 0.3) is 22.5 Å². The Morgan fingerprint density at radius 2 is 1.00 bits per heavy atom. The predicted molar refractivity (Wildman–Crippen MR) is 290 cm³/mol. The van der Waals surface area contributed by atoms with Crippen LogP contribution in [0.15, 0.2) is 195 Å². The van der Waals surface area contributed by atoms with E-state index in [1.54, 1.807) is 28.7 Å². The summed E-state index contributed by atoms with van der Waals surface area (Å²) < 4.78 is 98.7. The van der Waals surface area contributed by atoms with Crippen LogP contribution < -0.4 is 0 Å². The molecule has 0 spiro atoms. The highest BCUT2D eigenvalue weighted by atomic mass is 31.2. The number of aryl methyl sites for hydroxylation is 2. The second-order valence-electron chi connectivity index (χ2n) is 18.7. The normalized spacial score (nSPS) is 13.8. The molecular formula is C59H59F4N10O5P. The summed E-state index contributed by atoms with van der Waals surface area (Å²) in [5, 5.41) is 28.4. The maximum absolute atomic E-state index is 16.1. The zero-order chi connectivity index (χ0) is 54.9. The SMILES string of the molecule is C.C[C@@H](c1ccc(-c2ccnn2C)cc1)[C@@](Cn1cncn1)(OP(=O)(OCc1ccccc1)OCc1ccccc1)c1ccc(F)cc1F.C[C@@H](c1ccc(-c2ccnn2C)cc1)[C@](O)(Cn1cncn1)c1ccc(F)cc1F. The van der Waals surface area contributed by atoms with Gasteiger partial charge in [-0.1, -0.05) is 143 Å². The quantitative estimate of drug-likeness (QED) is 0.0571. The van der Waals surface area contributed by atoms with Crippen molar-refractivity contribution in [1.29, 1.82) is 0 Å². The van der Waals surface area contributed by atoms with E-state index in [9.17, 15) is 22.8 Å². The first kappa shape index (κ1) is 57.0. The monoisotopic (exact) mass is 1090 g/mol. The van der Waals surface area contributed by atoms with Gasteiger partial charge in [0.05, 0.1) is 37.7 Å². The van der Waals surface area contributed by atoms with Crippen LogP contribution in [0.3, 0.4) is 0 Å². The molecule has 0 bridgehead atoms. The van der Waals surface area contributed by atoms with Gasteiger partial charge in [-0.25, -0.2) is 41.5 Å². The van der Waals surface area contributed by atoms with Crippen molar-refractivity contribution < 1.29 is 40.8 Å². The van der Waals surface area contributed by atoms with E-state index < -0.39 is 54.1 Å². The molecule has 10 rings (SSSR count). The predicted octanol–water partition coefficient (Wildman–Crippen LogP) is 12.5.